The Kier molecular flexibility index (Phi) is 4.43. The minimum Gasteiger partial charge on any atom is -0.375 e. The monoisotopic (exact) mass is 261 g/mol. The molecule has 0 spiro atoms. The molecule has 1 heterocycles. The summed E-state index contributed by atoms with van der Waals surface area (Å²) in [4.78, 5) is 13.6. The molecule has 1 atom stereocenters. The highest BCUT2D eigenvalue weighted by atomic mass is 16.1. The third-order valence-electron chi connectivity index (χ3n) is 3.58. The predicted molar refractivity (Wildman–Crippen MR) is 79.5 cm³/mol. The van der Waals surface area contributed by atoms with Crippen molar-refractivity contribution in [1.82, 2.24) is 0 Å². The number of carbonyl (C=O) groups excluding carboxylic acids is 1. The van der Waals surface area contributed by atoms with Gasteiger partial charge in [0.1, 0.15) is 0 Å². The highest BCUT2D eigenvalue weighted by molar-refractivity contribution is 5.94. The van der Waals surface area contributed by atoms with Crippen molar-refractivity contribution in [3.63, 3.8) is 0 Å². The zero-order valence-electron chi connectivity index (χ0n) is 11.8. The van der Waals surface area contributed by atoms with Gasteiger partial charge in [-0.3, -0.25) is 4.79 Å². The van der Waals surface area contributed by atoms with Crippen molar-refractivity contribution < 1.29 is 4.79 Å². The average molecular weight is 261 g/mol. The van der Waals surface area contributed by atoms with Crippen molar-refractivity contribution in [3.05, 3.63) is 23.8 Å². The van der Waals surface area contributed by atoms with Crippen LogP contribution in [0.5, 0.6) is 0 Å². The average Bonchev–Trinajstić information content (AvgIpc) is 2.37. The van der Waals surface area contributed by atoms with Crippen LogP contribution in [0.15, 0.2) is 18.2 Å². The van der Waals surface area contributed by atoms with E-state index in [1.54, 1.807) is 0 Å². The summed E-state index contributed by atoms with van der Waals surface area (Å²) in [6.45, 7) is 3.05. The fourth-order valence-electron chi connectivity index (χ4n) is 2.39. The molecule has 0 fully saturated rings. The van der Waals surface area contributed by atoms with Gasteiger partial charge in [0.2, 0.25) is 5.91 Å². The number of fused-ring (bicyclic) bond motifs is 1. The zero-order chi connectivity index (χ0) is 13.8. The van der Waals surface area contributed by atoms with Crippen molar-refractivity contribution in [2.24, 2.45) is 5.73 Å². The minimum absolute atomic E-state index is 0.116. The Morgan fingerprint density at radius 2 is 2.21 bits per heavy atom. The SMILES string of the molecule is CC(N)CCCN(C)c1ccc2c(c1)CCC(=O)N2. The summed E-state index contributed by atoms with van der Waals surface area (Å²) in [5.41, 5.74) is 9.17. The standard InChI is InChI=1S/C15H23N3O/c1-11(16)4-3-9-18(2)13-6-7-14-12(10-13)5-8-15(19)17-14/h6-7,10-11H,3-5,8-9,16H2,1-2H3,(H,17,19). The lowest BCUT2D eigenvalue weighted by Crippen LogP contribution is -2.23. The van der Waals surface area contributed by atoms with Gasteiger partial charge in [0.05, 0.1) is 0 Å². The lowest BCUT2D eigenvalue weighted by molar-refractivity contribution is -0.116. The second-order valence-corrected chi connectivity index (χ2v) is 5.43. The van der Waals surface area contributed by atoms with Gasteiger partial charge >= 0.3 is 0 Å². The minimum atomic E-state index is 0.116. The van der Waals surface area contributed by atoms with Gasteiger partial charge in [-0.25, -0.2) is 0 Å². The number of nitrogens with zero attached hydrogens (tertiary/aromatic N) is 1. The van der Waals surface area contributed by atoms with Crippen LogP contribution in [0, 0.1) is 0 Å². The third-order valence-corrected chi connectivity index (χ3v) is 3.58. The summed E-state index contributed by atoms with van der Waals surface area (Å²) in [5.74, 6) is 0.116. The molecule has 2 rings (SSSR count). The van der Waals surface area contributed by atoms with Crippen LogP contribution in [-0.2, 0) is 11.2 Å². The number of hydrogen-bond acceptors (Lipinski definition) is 3. The van der Waals surface area contributed by atoms with E-state index >= 15 is 0 Å². The van der Waals surface area contributed by atoms with Gasteiger partial charge in [0, 0.05) is 37.4 Å². The van der Waals surface area contributed by atoms with Crippen LogP contribution in [0.2, 0.25) is 0 Å². The Morgan fingerprint density at radius 1 is 1.42 bits per heavy atom. The molecule has 1 aromatic rings. The van der Waals surface area contributed by atoms with E-state index in [0.29, 0.717) is 6.42 Å². The summed E-state index contributed by atoms with van der Waals surface area (Å²) in [7, 11) is 2.10. The van der Waals surface area contributed by atoms with E-state index in [1.807, 2.05) is 13.0 Å². The smallest absolute Gasteiger partial charge is 0.224 e. The maximum atomic E-state index is 11.3. The van der Waals surface area contributed by atoms with Crippen LogP contribution in [0.25, 0.3) is 0 Å². The Morgan fingerprint density at radius 3 is 2.95 bits per heavy atom. The Hall–Kier alpha value is -1.55. The van der Waals surface area contributed by atoms with E-state index < -0.39 is 0 Å². The Bertz CT molecular complexity index is 457. The van der Waals surface area contributed by atoms with Crippen LogP contribution in [0.3, 0.4) is 0 Å². The maximum Gasteiger partial charge on any atom is 0.224 e. The summed E-state index contributed by atoms with van der Waals surface area (Å²) in [6.07, 6.45) is 3.57. The van der Waals surface area contributed by atoms with E-state index in [2.05, 4.69) is 29.4 Å². The van der Waals surface area contributed by atoms with Crippen molar-refractivity contribution in [3.8, 4) is 0 Å². The first-order valence-electron chi connectivity index (χ1n) is 6.96. The molecule has 1 aromatic carbocycles. The fraction of sp³-hybridized carbons (Fsp3) is 0.533. The Balaban J connectivity index is 1.99. The van der Waals surface area contributed by atoms with Crippen molar-refractivity contribution in [1.29, 1.82) is 0 Å². The number of hydrogen-bond donors (Lipinski definition) is 2. The summed E-state index contributed by atoms with van der Waals surface area (Å²) < 4.78 is 0. The Labute approximate surface area is 115 Å². The highest BCUT2D eigenvalue weighted by Gasteiger charge is 2.15. The van der Waals surface area contributed by atoms with Crippen LogP contribution in [0.1, 0.15) is 31.7 Å². The van der Waals surface area contributed by atoms with Crippen molar-refractivity contribution in [2.45, 2.75) is 38.6 Å². The number of nitrogens with two attached hydrogens (primary N) is 1. The molecule has 104 valence electrons. The quantitative estimate of drug-likeness (QED) is 0.853. The number of nitrogens with one attached hydrogen (secondary N) is 1. The number of carbonyl (C=O) groups is 1. The van der Waals surface area contributed by atoms with E-state index in [-0.39, 0.29) is 11.9 Å². The molecule has 0 radical (unpaired) electrons. The van der Waals surface area contributed by atoms with Crippen LogP contribution >= 0.6 is 0 Å². The molecule has 1 amide bonds. The van der Waals surface area contributed by atoms with E-state index in [0.717, 1.165) is 31.5 Å². The molecule has 0 aliphatic carbocycles. The number of benzene rings is 1. The molecule has 1 aliphatic rings. The molecule has 0 saturated carbocycles. The highest BCUT2D eigenvalue weighted by Crippen LogP contribution is 2.27. The second-order valence-electron chi connectivity index (χ2n) is 5.43. The van der Waals surface area contributed by atoms with Crippen LogP contribution < -0.4 is 16.0 Å². The normalized spacial score (nSPS) is 15.6. The predicted octanol–water partition coefficient (Wildman–Crippen LogP) is 2.13. The number of amides is 1. The largest absolute Gasteiger partial charge is 0.375 e. The lowest BCUT2D eigenvalue weighted by atomic mass is 10.0. The van der Waals surface area contributed by atoms with Gasteiger partial charge in [0.25, 0.3) is 0 Å². The number of anilines is 2. The summed E-state index contributed by atoms with van der Waals surface area (Å²) in [6, 6.07) is 6.52. The lowest BCUT2D eigenvalue weighted by Gasteiger charge is -2.23. The molecule has 19 heavy (non-hydrogen) atoms. The van der Waals surface area contributed by atoms with Crippen LogP contribution in [-0.4, -0.2) is 25.5 Å². The number of rotatable bonds is 5. The van der Waals surface area contributed by atoms with Gasteiger partial charge < -0.3 is 16.0 Å². The zero-order valence-corrected chi connectivity index (χ0v) is 11.8. The second kappa shape index (κ2) is 6.06. The fourth-order valence-corrected chi connectivity index (χ4v) is 2.39. The van der Waals surface area contributed by atoms with Gasteiger partial charge in [-0.2, -0.15) is 0 Å². The first-order chi connectivity index (χ1) is 9.06. The molecule has 1 aliphatic heterocycles. The molecule has 4 heteroatoms. The third kappa shape index (κ3) is 3.70. The van der Waals surface area contributed by atoms with E-state index in [4.69, 9.17) is 5.73 Å². The molecule has 1 unspecified atom stereocenters. The first-order valence-corrected chi connectivity index (χ1v) is 6.96. The molecule has 4 nitrogen and oxygen atoms in total. The van der Waals surface area contributed by atoms with Gasteiger partial charge in [-0.1, -0.05) is 0 Å². The van der Waals surface area contributed by atoms with E-state index in [1.165, 1.54) is 11.3 Å². The van der Waals surface area contributed by atoms with Crippen molar-refractivity contribution in [2.75, 3.05) is 23.8 Å². The van der Waals surface area contributed by atoms with Gasteiger partial charge in [-0.15, -0.1) is 0 Å². The molecular weight excluding hydrogens is 238 g/mol. The first kappa shape index (κ1) is 13.9. The summed E-state index contributed by atoms with van der Waals surface area (Å²) in [5, 5.41) is 2.91. The maximum absolute atomic E-state index is 11.3. The molecule has 0 aromatic heterocycles. The van der Waals surface area contributed by atoms with Gasteiger partial charge in [-0.05, 0) is 49.9 Å². The van der Waals surface area contributed by atoms with Crippen LogP contribution in [0.4, 0.5) is 11.4 Å². The van der Waals surface area contributed by atoms with E-state index in [9.17, 15) is 4.79 Å². The van der Waals surface area contributed by atoms with Gasteiger partial charge in [0.15, 0.2) is 0 Å². The molecule has 0 saturated heterocycles. The molecular formula is C15H23N3O. The molecule has 0 bridgehead atoms. The van der Waals surface area contributed by atoms with Crippen molar-refractivity contribution >= 4 is 17.3 Å². The molecule has 3 N–H and O–H groups in total. The number of aryl methyl sites for hydroxylation is 1. The summed E-state index contributed by atoms with van der Waals surface area (Å²) >= 11 is 0. The topological polar surface area (TPSA) is 58.4 Å².